The number of hydrogen-bond donors (Lipinski definition) is 0. The lowest BCUT2D eigenvalue weighted by Gasteiger charge is -1.92. The van der Waals surface area contributed by atoms with Crippen LogP contribution in [0.3, 0.4) is 0 Å². The normalized spacial score (nSPS) is 16.7. The number of halogens is 1. The van der Waals surface area contributed by atoms with Crippen LogP contribution >= 0.6 is 0 Å². The number of rotatable bonds is 2. The van der Waals surface area contributed by atoms with Crippen molar-refractivity contribution in [3.63, 3.8) is 0 Å². The lowest BCUT2D eigenvalue weighted by Crippen LogP contribution is -1.78. The van der Waals surface area contributed by atoms with Gasteiger partial charge < -0.3 is 0 Å². The van der Waals surface area contributed by atoms with Crippen molar-refractivity contribution in [1.82, 2.24) is 0 Å². The van der Waals surface area contributed by atoms with E-state index < -0.39 is 0 Å². The van der Waals surface area contributed by atoms with Crippen LogP contribution < -0.4 is 0 Å². The van der Waals surface area contributed by atoms with Crippen LogP contribution in [0.5, 0.6) is 0 Å². The van der Waals surface area contributed by atoms with Crippen LogP contribution in [0.1, 0.15) is 12.8 Å². The summed E-state index contributed by atoms with van der Waals surface area (Å²) in [6.45, 7) is -0.260. The maximum absolute atomic E-state index is 11.8. The molecule has 0 bridgehead atoms. The molecule has 0 aliphatic heterocycles. The summed E-state index contributed by atoms with van der Waals surface area (Å²) in [5.41, 5.74) is 1.08. The molecule has 54 valence electrons. The van der Waals surface area contributed by atoms with Crippen LogP contribution in [0, 0.1) is 0 Å². The zero-order valence-electron chi connectivity index (χ0n) is 5.89. The molecule has 0 aromatic heterocycles. The Morgan fingerprint density at radius 2 is 2.30 bits per heavy atom. The lowest BCUT2D eigenvalue weighted by atomic mass is 10.2. The van der Waals surface area contributed by atoms with Crippen LogP contribution in [-0.2, 0) is 0 Å². The van der Waals surface area contributed by atoms with E-state index in [2.05, 4.69) is 6.08 Å². The van der Waals surface area contributed by atoms with Gasteiger partial charge in [-0.05, 0) is 12.0 Å². The zero-order valence-corrected chi connectivity index (χ0v) is 5.89. The van der Waals surface area contributed by atoms with E-state index in [4.69, 9.17) is 0 Å². The molecule has 0 N–H and O–H groups in total. The van der Waals surface area contributed by atoms with Gasteiger partial charge in [0.2, 0.25) is 0 Å². The minimum atomic E-state index is -0.260. The summed E-state index contributed by atoms with van der Waals surface area (Å²) < 4.78 is 11.8. The molecule has 0 nitrogen and oxygen atoms in total. The lowest BCUT2D eigenvalue weighted by molar-refractivity contribution is 0.496. The van der Waals surface area contributed by atoms with Gasteiger partial charge >= 0.3 is 0 Å². The molecule has 0 atom stereocenters. The zero-order chi connectivity index (χ0) is 7.23. The van der Waals surface area contributed by atoms with E-state index in [9.17, 15) is 4.39 Å². The van der Waals surface area contributed by atoms with Gasteiger partial charge in [0.1, 0.15) is 0 Å². The number of hydrogen-bond acceptors (Lipinski definition) is 0. The molecule has 1 heteroatoms. The summed E-state index contributed by atoms with van der Waals surface area (Å²) in [7, 11) is 0. The van der Waals surface area contributed by atoms with E-state index in [-0.39, 0.29) is 6.67 Å². The summed E-state index contributed by atoms with van der Waals surface area (Å²) in [6, 6.07) is 0. The predicted octanol–water partition coefficient (Wildman–Crippen LogP) is 2.79. The number of alkyl halides is 1. The minimum Gasteiger partial charge on any atom is -0.251 e. The maximum Gasteiger partial charge on any atom is 0.0934 e. The van der Waals surface area contributed by atoms with Gasteiger partial charge in [0.05, 0.1) is 6.67 Å². The molecule has 0 saturated carbocycles. The van der Waals surface area contributed by atoms with Gasteiger partial charge in [-0.1, -0.05) is 30.4 Å². The molecular formula is C9H11F. The first-order valence-corrected chi connectivity index (χ1v) is 3.51. The Balaban J connectivity index is 2.55. The maximum atomic E-state index is 11.8. The van der Waals surface area contributed by atoms with Crippen LogP contribution in [0.15, 0.2) is 36.0 Å². The van der Waals surface area contributed by atoms with Crippen LogP contribution in [0.25, 0.3) is 0 Å². The summed E-state index contributed by atoms with van der Waals surface area (Å²) in [5.74, 6) is 0. The fourth-order valence-electron chi connectivity index (χ4n) is 0.900. The van der Waals surface area contributed by atoms with E-state index in [1.54, 1.807) is 0 Å². The predicted molar refractivity (Wildman–Crippen MR) is 41.6 cm³/mol. The Kier molecular flexibility index (Phi) is 2.94. The molecule has 0 unspecified atom stereocenters. The first kappa shape index (κ1) is 7.26. The molecule has 0 aromatic carbocycles. The Morgan fingerprint density at radius 3 is 3.10 bits per heavy atom. The van der Waals surface area contributed by atoms with Crippen molar-refractivity contribution in [1.29, 1.82) is 0 Å². The van der Waals surface area contributed by atoms with Crippen LogP contribution in [0.4, 0.5) is 4.39 Å². The quantitative estimate of drug-likeness (QED) is 0.550. The SMILES string of the molecule is FCCC1=CC=CCC=C1. The molecule has 1 aliphatic carbocycles. The Bertz CT molecular complexity index is 175. The average Bonchev–Trinajstić information content (AvgIpc) is 2.17. The van der Waals surface area contributed by atoms with Gasteiger partial charge in [-0.15, -0.1) is 0 Å². The van der Waals surface area contributed by atoms with Gasteiger partial charge in [-0.25, -0.2) is 0 Å². The fourth-order valence-corrected chi connectivity index (χ4v) is 0.900. The molecule has 0 aromatic rings. The smallest absolute Gasteiger partial charge is 0.0934 e. The molecule has 0 heterocycles. The van der Waals surface area contributed by atoms with Gasteiger partial charge in [0.25, 0.3) is 0 Å². The van der Waals surface area contributed by atoms with E-state index in [1.807, 2.05) is 24.3 Å². The third-order valence-corrected chi connectivity index (χ3v) is 1.43. The van der Waals surface area contributed by atoms with Gasteiger partial charge in [-0.3, -0.25) is 4.39 Å². The Morgan fingerprint density at radius 1 is 1.40 bits per heavy atom. The first-order chi connectivity index (χ1) is 4.93. The highest BCUT2D eigenvalue weighted by atomic mass is 19.1. The molecule has 0 spiro atoms. The van der Waals surface area contributed by atoms with E-state index >= 15 is 0 Å². The summed E-state index contributed by atoms with van der Waals surface area (Å²) in [5, 5.41) is 0. The topological polar surface area (TPSA) is 0 Å². The molecule has 0 saturated heterocycles. The Labute approximate surface area is 60.7 Å². The molecule has 0 fully saturated rings. The molecular weight excluding hydrogens is 127 g/mol. The number of allylic oxidation sites excluding steroid dienone is 6. The first-order valence-electron chi connectivity index (χ1n) is 3.51. The Hall–Kier alpha value is -0.850. The molecule has 0 amide bonds. The van der Waals surface area contributed by atoms with Gasteiger partial charge in [0, 0.05) is 6.42 Å². The van der Waals surface area contributed by atoms with Gasteiger partial charge in [-0.2, -0.15) is 0 Å². The van der Waals surface area contributed by atoms with Gasteiger partial charge in [0.15, 0.2) is 0 Å². The minimum absolute atomic E-state index is 0.260. The van der Waals surface area contributed by atoms with Crippen molar-refractivity contribution in [3.05, 3.63) is 36.0 Å². The molecule has 1 aliphatic rings. The largest absolute Gasteiger partial charge is 0.251 e. The standard InChI is InChI=1S/C9H11F/c10-8-7-9-5-3-1-2-4-6-9/h1,3-6H,2,7-8H2. The van der Waals surface area contributed by atoms with Crippen LogP contribution in [0.2, 0.25) is 0 Å². The third-order valence-electron chi connectivity index (χ3n) is 1.43. The second kappa shape index (κ2) is 4.04. The highest BCUT2D eigenvalue weighted by Gasteiger charge is 1.91. The van der Waals surface area contributed by atoms with Crippen molar-refractivity contribution in [3.8, 4) is 0 Å². The molecule has 1 rings (SSSR count). The second-order valence-electron chi connectivity index (χ2n) is 2.25. The average molecular weight is 138 g/mol. The fraction of sp³-hybridized carbons (Fsp3) is 0.333. The van der Waals surface area contributed by atoms with Crippen molar-refractivity contribution in [2.24, 2.45) is 0 Å². The second-order valence-corrected chi connectivity index (χ2v) is 2.25. The highest BCUT2D eigenvalue weighted by molar-refractivity contribution is 5.27. The van der Waals surface area contributed by atoms with E-state index in [0.29, 0.717) is 6.42 Å². The summed E-state index contributed by atoms with van der Waals surface area (Å²) >= 11 is 0. The third kappa shape index (κ3) is 2.18. The van der Waals surface area contributed by atoms with Crippen molar-refractivity contribution in [2.45, 2.75) is 12.8 Å². The highest BCUT2D eigenvalue weighted by Crippen LogP contribution is 2.08. The van der Waals surface area contributed by atoms with Crippen LogP contribution in [-0.4, -0.2) is 6.67 Å². The summed E-state index contributed by atoms with van der Waals surface area (Å²) in [6.07, 6.45) is 11.5. The monoisotopic (exact) mass is 138 g/mol. The van der Waals surface area contributed by atoms with Crippen molar-refractivity contribution < 1.29 is 4.39 Å². The molecule has 10 heavy (non-hydrogen) atoms. The van der Waals surface area contributed by atoms with E-state index in [1.165, 1.54) is 0 Å². The van der Waals surface area contributed by atoms with Crippen molar-refractivity contribution >= 4 is 0 Å². The summed E-state index contributed by atoms with van der Waals surface area (Å²) in [4.78, 5) is 0. The molecule has 0 radical (unpaired) electrons. The van der Waals surface area contributed by atoms with E-state index in [0.717, 1.165) is 12.0 Å². The van der Waals surface area contributed by atoms with Crippen molar-refractivity contribution in [2.75, 3.05) is 6.67 Å².